The zero-order chi connectivity index (χ0) is 10.6. The van der Waals surface area contributed by atoms with E-state index in [9.17, 15) is 9.59 Å². The fraction of sp³-hybridized carbons (Fsp3) is 0.800. The highest BCUT2D eigenvalue weighted by molar-refractivity contribution is 5.98. The molecule has 1 unspecified atom stereocenters. The highest BCUT2D eigenvalue weighted by Crippen LogP contribution is 2.14. The van der Waals surface area contributed by atoms with E-state index in [1.807, 2.05) is 13.8 Å². The Labute approximate surface area is 96.3 Å². The molecule has 0 aliphatic rings. The van der Waals surface area contributed by atoms with Crippen LogP contribution in [0.15, 0.2) is 0 Å². The van der Waals surface area contributed by atoms with Gasteiger partial charge in [-0.25, -0.2) is 0 Å². The molecule has 0 aliphatic heterocycles. The molecule has 0 bridgehead atoms. The highest BCUT2D eigenvalue weighted by atomic mass is 27.0. The first-order valence-electron chi connectivity index (χ1n) is 4.57. The van der Waals surface area contributed by atoms with Gasteiger partial charge >= 0.3 is 5.97 Å². The summed E-state index contributed by atoms with van der Waals surface area (Å²) in [5, 5.41) is 0. The summed E-state index contributed by atoms with van der Waals surface area (Å²) in [6, 6.07) is 0. The minimum Gasteiger partial charge on any atom is -0.462 e. The maximum atomic E-state index is 11.4. The van der Waals surface area contributed by atoms with Crippen LogP contribution in [0.25, 0.3) is 0 Å². The molecule has 0 N–H and O–H groups in total. The van der Waals surface area contributed by atoms with Crippen molar-refractivity contribution < 1.29 is 14.3 Å². The summed E-state index contributed by atoms with van der Waals surface area (Å²) < 4.78 is 4.98. The molecule has 0 amide bonds. The predicted octanol–water partition coefficient (Wildman–Crippen LogP) is 0.615. The molecule has 0 heterocycles. The number of ketones is 1. The molecule has 0 fully saturated rings. The van der Waals surface area contributed by atoms with E-state index in [1.54, 1.807) is 13.8 Å². The highest BCUT2D eigenvalue weighted by Gasteiger charge is 2.28. The van der Waals surface area contributed by atoms with Gasteiger partial charge in [0.2, 0.25) is 0 Å². The van der Waals surface area contributed by atoms with Crippen LogP contribution in [0.4, 0.5) is 0 Å². The van der Waals surface area contributed by atoms with Gasteiger partial charge in [0.05, 0.1) is 6.10 Å². The molecule has 0 aromatic rings. The van der Waals surface area contributed by atoms with Crippen LogP contribution >= 0.6 is 0 Å². The zero-order valence-electron chi connectivity index (χ0n) is 8.96. The van der Waals surface area contributed by atoms with Gasteiger partial charge in [-0.3, -0.25) is 9.59 Å². The van der Waals surface area contributed by atoms with Crippen molar-refractivity contribution in [3.63, 3.8) is 0 Å². The lowest BCUT2D eigenvalue weighted by Gasteiger charge is -2.17. The van der Waals surface area contributed by atoms with Crippen molar-refractivity contribution in [2.24, 2.45) is 11.8 Å². The smallest absolute Gasteiger partial charge is 0.316 e. The van der Waals surface area contributed by atoms with Crippen LogP contribution in [0, 0.1) is 11.8 Å². The normalized spacial score (nSPS) is 12.2. The monoisotopic (exact) mass is 216 g/mol. The van der Waals surface area contributed by atoms with E-state index >= 15 is 0 Å². The van der Waals surface area contributed by atoms with Crippen LogP contribution in [0.1, 0.15) is 34.6 Å². The summed E-state index contributed by atoms with van der Waals surface area (Å²) in [6.45, 7) is 8.65. The molecule has 0 spiro atoms. The topological polar surface area (TPSA) is 43.4 Å². The first-order chi connectivity index (χ1) is 5.86. The predicted molar refractivity (Wildman–Crippen MR) is 60.2 cm³/mol. The summed E-state index contributed by atoms with van der Waals surface area (Å²) in [5.41, 5.74) is 0. The van der Waals surface area contributed by atoms with Gasteiger partial charge in [0.15, 0.2) is 17.4 Å². The molecule has 0 aromatic carbocycles. The Hall–Kier alpha value is -0.328. The van der Waals surface area contributed by atoms with Crippen molar-refractivity contribution in [1.29, 1.82) is 0 Å². The van der Waals surface area contributed by atoms with Crippen LogP contribution < -0.4 is 0 Å². The largest absolute Gasteiger partial charge is 0.462 e. The van der Waals surface area contributed by atoms with Gasteiger partial charge in [-0.2, -0.15) is 0 Å². The van der Waals surface area contributed by atoms with Crippen molar-refractivity contribution in [3.05, 3.63) is 0 Å². The van der Waals surface area contributed by atoms with Crippen molar-refractivity contribution in [3.8, 4) is 0 Å². The van der Waals surface area contributed by atoms with Crippen LogP contribution in [0.5, 0.6) is 0 Å². The number of hydrogen-bond acceptors (Lipinski definition) is 3. The summed E-state index contributed by atoms with van der Waals surface area (Å²) in [4.78, 5) is 22.5. The van der Waals surface area contributed by atoms with Gasteiger partial charge in [-0.05, 0) is 26.7 Å². The first kappa shape index (κ1) is 16.1. The number of carbonyl (C=O) groups is 2. The molecule has 14 heavy (non-hydrogen) atoms. The minimum atomic E-state index is -0.609. The van der Waals surface area contributed by atoms with E-state index in [0.717, 1.165) is 0 Å². The third-order valence-corrected chi connectivity index (χ3v) is 1.71. The third kappa shape index (κ3) is 5.41. The second-order valence-corrected chi connectivity index (χ2v) is 3.82. The molecule has 82 valence electrons. The van der Waals surface area contributed by atoms with Crippen LogP contribution in [0.2, 0.25) is 0 Å². The van der Waals surface area contributed by atoms with Gasteiger partial charge in [0, 0.05) is 0 Å². The minimum absolute atomic E-state index is 0. The lowest BCUT2D eigenvalue weighted by atomic mass is 9.92. The molecule has 3 nitrogen and oxygen atoms in total. The molecular weight excluding hydrogens is 195 g/mol. The van der Waals surface area contributed by atoms with Gasteiger partial charge < -0.3 is 4.74 Å². The second-order valence-electron chi connectivity index (χ2n) is 3.82. The number of esters is 1. The molecule has 0 aromatic heterocycles. The van der Waals surface area contributed by atoms with E-state index < -0.39 is 11.9 Å². The number of ether oxygens (including phenoxy) is 1. The summed E-state index contributed by atoms with van der Waals surface area (Å²) >= 11 is 0. The molecule has 4 heteroatoms. The van der Waals surface area contributed by atoms with Crippen molar-refractivity contribution in [2.45, 2.75) is 40.7 Å². The van der Waals surface area contributed by atoms with E-state index in [2.05, 4.69) is 0 Å². The van der Waals surface area contributed by atoms with Crippen LogP contribution in [0.3, 0.4) is 0 Å². The average Bonchev–Trinajstić information content (AvgIpc) is 1.81. The fourth-order valence-corrected chi connectivity index (χ4v) is 1.21. The summed E-state index contributed by atoms with van der Waals surface area (Å²) in [7, 11) is 0. The maximum absolute atomic E-state index is 11.4. The maximum Gasteiger partial charge on any atom is 0.316 e. The van der Waals surface area contributed by atoms with Crippen LogP contribution in [-0.2, 0) is 14.3 Å². The Morgan fingerprint density at radius 3 is 1.71 bits per heavy atom. The van der Waals surface area contributed by atoms with E-state index in [-0.39, 0.29) is 35.2 Å². The van der Waals surface area contributed by atoms with Crippen LogP contribution in [-0.4, -0.2) is 35.2 Å². The molecule has 1 atom stereocenters. The fourth-order valence-electron chi connectivity index (χ4n) is 1.21. The van der Waals surface area contributed by atoms with Crippen molar-refractivity contribution >= 4 is 29.1 Å². The van der Waals surface area contributed by atoms with Gasteiger partial charge in [0.25, 0.3) is 0 Å². The number of Topliss-reactive ketones (excluding diaryl/α,β-unsaturated/α-hetero) is 1. The Morgan fingerprint density at radius 2 is 1.50 bits per heavy atom. The zero-order valence-corrected chi connectivity index (χ0v) is 8.96. The first-order valence-corrected chi connectivity index (χ1v) is 4.57. The number of carbonyl (C=O) groups excluding carboxylic acids is 2. The van der Waals surface area contributed by atoms with E-state index in [1.165, 1.54) is 6.92 Å². The SMILES string of the molecule is CC(=O)C(C(=O)OC(C)C)C(C)C.[AlH3]. The molecule has 0 saturated carbocycles. The lowest BCUT2D eigenvalue weighted by Crippen LogP contribution is -2.30. The lowest BCUT2D eigenvalue weighted by molar-refractivity contribution is -0.156. The Kier molecular flexibility index (Phi) is 8.09. The molecular formula is C10H21AlO3. The quantitative estimate of drug-likeness (QED) is 0.393. The standard InChI is InChI=1S/C10H18O3.Al.3H/c1-6(2)9(8(5)11)10(12)13-7(3)4;;;;/h6-7,9H,1-5H3;;;;. The molecule has 0 radical (unpaired) electrons. The van der Waals surface area contributed by atoms with E-state index in [0.29, 0.717) is 0 Å². The third-order valence-electron chi connectivity index (χ3n) is 1.71. The van der Waals surface area contributed by atoms with Gasteiger partial charge in [-0.1, -0.05) is 13.8 Å². The van der Waals surface area contributed by atoms with Gasteiger partial charge in [0.1, 0.15) is 11.7 Å². The Morgan fingerprint density at radius 1 is 1.07 bits per heavy atom. The number of hydrogen-bond donors (Lipinski definition) is 0. The second kappa shape index (κ2) is 7.03. The Bertz CT molecular complexity index is 200. The van der Waals surface area contributed by atoms with Crippen molar-refractivity contribution in [1.82, 2.24) is 0 Å². The molecule has 0 saturated heterocycles. The number of rotatable bonds is 4. The summed E-state index contributed by atoms with van der Waals surface area (Å²) in [5.74, 6) is -1.13. The van der Waals surface area contributed by atoms with Crippen molar-refractivity contribution in [2.75, 3.05) is 0 Å². The van der Waals surface area contributed by atoms with Gasteiger partial charge in [-0.15, -0.1) is 0 Å². The average molecular weight is 216 g/mol. The molecule has 0 aliphatic carbocycles. The Balaban J connectivity index is 0. The summed E-state index contributed by atoms with van der Waals surface area (Å²) in [6.07, 6.45) is -0.159. The molecule has 0 rings (SSSR count). The van der Waals surface area contributed by atoms with E-state index in [4.69, 9.17) is 4.74 Å².